The highest BCUT2D eigenvalue weighted by atomic mass is 127. The fraction of sp³-hybridized carbons (Fsp3) is 0.688. The van der Waals surface area contributed by atoms with Gasteiger partial charge in [-0.15, -0.1) is 35.3 Å². The van der Waals surface area contributed by atoms with Gasteiger partial charge in [0.15, 0.2) is 5.96 Å². The summed E-state index contributed by atoms with van der Waals surface area (Å²) in [6.45, 7) is 9.63. The van der Waals surface area contributed by atoms with Gasteiger partial charge in [-0.25, -0.2) is 9.98 Å². The summed E-state index contributed by atoms with van der Waals surface area (Å²) in [5, 5.41) is 4.39. The fourth-order valence-electron chi connectivity index (χ4n) is 2.93. The van der Waals surface area contributed by atoms with Crippen molar-refractivity contribution in [2.24, 2.45) is 4.99 Å². The number of carbonyl (C=O) groups is 1. The number of guanidine groups is 1. The molecule has 0 aromatic carbocycles. The monoisotopic (exact) mass is 463 g/mol. The largest absolute Gasteiger partial charge is 0.356 e. The minimum absolute atomic E-state index is 0. The fourth-order valence-corrected chi connectivity index (χ4v) is 3.79. The highest BCUT2D eigenvalue weighted by Gasteiger charge is 2.36. The minimum Gasteiger partial charge on any atom is -0.356 e. The number of carbonyl (C=O) groups excluding carboxylic acids is 1. The minimum atomic E-state index is 0. The number of nitrogens with zero attached hydrogens (tertiary/aromatic N) is 4. The molecule has 0 atom stereocenters. The molecule has 24 heavy (non-hydrogen) atoms. The van der Waals surface area contributed by atoms with Gasteiger partial charge >= 0.3 is 0 Å². The molecule has 134 valence electrons. The molecule has 1 aromatic heterocycles. The van der Waals surface area contributed by atoms with Crippen LogP contribution < -0.4 is 5.32 Å². The van der Waals surface area contributed by atoms with E-state index in [0.29, 0.717) is 19.1 Å². The van der Waals surface area contributed by atoms with Crippen molar-refractivity contribution in [2.75, 3.05) is 26.2 Å². The summed E-state index contributed by atoms with van der Waals surface area (Å²) in [5.41, 5.74) is 1.06. The highest BCUT2D eigenvalue weighted by molar-refractivity contribution is 14.0. The Labute approximate surface area is 164 Å². The van der Waals surface area contributed by atoms with E-state index in [1.165, 1.54) is 17.7 Å². The SMILES string of the molecule is CCNC(=NCc1sc(C)nc1C)N1CCN(C2CC2)C(=O)C1.I. The van der Waals surface area contributed by atoms with E-state index < -0.39 is 0 Å². The number of nitrogens with one attached hydrogen (secondary N) is 1. The van der Waals surface area contributed by atoms with Crippen LogP contribution in [0.1, 0.15) is 35.3 Å². The molecule has 6 nitrogen and oxygen atoms in total. The van der Waals surface area contributed by atoms with Gasteiger partial charge in [-0.05, 0) is 33.6 Å². The van der Waals surface area contributed by atoms with Crippen LogP contribution in [-0.2, 0) is 11.3 Å². The lowest BCUT2D eigenvalue weighted by Gasteiger charge is -2.36. The number of aromatic nitrogens is 1. The zero-order chi connectivity index (χ0) is 16.4. The van der Waals surface area contributed by atoms with Gasteiger partial charge in [0.05, 0.1) is 23.8 Å². The van der Waals surface area contributed by atoms with Gasteiger partial charge < -0.3 is 15.1 Å². The van der Waals surface area contributed by atoms with Crippen molar-refractivity contribution in [3.63, 3.8) is 0 Å². The van der Waals surface area contributed by atoms with Gasteiger partial charge in [0.2, 0.25) is 5.91 Å². The van der Waals surface area contributed by atoms with Crippen molar-refractivity contribution in [3.8, 4) is 0 Å². The van der Waals surface area contributed by atoms with Crippen molar-refractivity contribution in [1.29, 1.82) is 0 Å². The average Bonchev–Trinajstić information content (AvgIpc) is 3.29. The Morgan fingerprint density at radius 3 is 2.67 bits per heavy atom. The van der Waals surface area contributed by atoms with Crippen LogP contribution in [-0.4, -0.2) is 58.9 Å². The van der Waals surface area contributed by atoms with E-state index in [0.717, 1.165) is 36.3 Å². The molecule has 1 N–H and O–H groups in total. The molecule has 1 aliphatic heterocycles. The lowest BCUT2D eigenvalue weighted by atomic mass is 10.3. The van der Waals surface area contributed by atoms with Gasteiger partial charge in [0.1, 0.15) is 0 Å². The van der Waals surface area contributed by atoms with Gasteiger partial charge in [-0.1, -0.05) is 0 Å². The van der Waals surface area contributed by atoms with Crippen molar-refractivity contribution >= 4 is 47.2 Å². The smallest absolute Gasteiger partial charge is 0.242 e. The van der Waals surface area contributed by atoms with Crippen LogP contribution in [0, 0.1) is 13.8 Å². The molecule has 2 fully saturated rings. The molecule has 1 aliphatic carbocycles. The van der Waals surface area contributed by atoms with Crippen molar-refractivity contribution in [1.82, 2.24) is 20.1 Å². The topological polar surface area (TPSA) is 60.8 Å². The molecule has 0 unspecified atom stereocenters. The Kier molecular flexibility index (Phi) is 6.85. The molecule has 0 radical (unpaired) electrons. The summed E-state index contributed by atoms with van der Waals surface area (Å²) in [4.78, 5) is 26.8. The number of aryl methyl sites for hydroxylation is 2. The number of amides is 1. The van der Waals surface area contributed by atoms with E-state index in [9.17, 15) is 4.79 Å². The maximum absolute atomic E-state index is 12.3. The summed E-state index contributed by atoms with van der Waals surface area (Å²) in [6.07, 6.45) is 2.34. The van der Waals surface area contributed by atoms with Crippen LogP contribution in [0.4, 0.5) is 0 Å². The number of thiazole rings is 1. The Balaban J connectivity index is 0.00000208. The van der Waals surface area contributed by atoms with E-state index in [1.807, 2.05) is 18.7 Å². The molecule has 3 rings (SSSR count). The van der Waals surface area contributed by atoms with Crippen LogP contribution >= 0.6 is 35.3 Å². The lowest BCUT2D eigenvalue weighted by Crippen LogP contribution is -2.55. The second-order valence-corrected chi connectivity index (χ2v) is 7.44. The van der Waals surface area contributed by atoms with Gasteiger partial charge in [0.25, 0.3) is 0 Å². The maximum Gasteiger partial charge on any atom is 0.242 e. The molecular formula is C16H26IN5OS. The third-order valence-electron chi connectivity index (χ3n) is 4.25. The quantitative estimate of drug-likeness (QED) is 0.423. The van der Waals surface area contributed by atoms with E-state index in [2.05, 4.69) is 22.1 Å². The molecule has 2 aliphatic rings. The zero-order valence-electron chi connectivity index (χ0n) is 14.5. The summed E-state index contributed by atoms with van der Waals surface area (Å²) in [6, 6.07) is 0.506. The first-order valence-electron chi connectivity index (χ1n) is 8.34. The van der Waals surface area contributed by atoms with Gasteiger partial charge in [-0.3, -0.25) is 4.79 Å². The number of halogens is 1. The number of hydrogen-bond acceptors (Lipinski definition) is 4. The molecule has 8 heteroatoms. The summed E-state index contributed by atoms with van der Waals surface area (Å²) >= 11 is 1.69. The third-order valence-corrected chi connectivity index (χ3v) is 5.31. The van der Waals surface area contributed by atoms with Crippen LogP contribution in [0.15, 0.2) is 4.99 Å². The molecular weight excluding hydrogens is 437 g/mol. The van der Waals surface area contributed by atoms with E-state index in [1.54, 1.807) is 11.3 Å². The standard InChI is InChI=1S/C16H25N5OS.HI/c1-4-17-16(18-9-14-11(2)19-12(3)23-14)20-7-8-21(13-5-6-13)15(22)10-20;/h13H,4-10H2,1-3H3,(H,17,18);1H. The van der Waals surface area contributed by atoms with Crippen LogP contribution in [0.3, 0.4) is 0 Å². The number of hydrogen-bond donors (Lipinski definition) is 1. The molecule has 1 saturated heterocycles. The first-order valence-corrected chi connectivity index (χ1v) is 9.15. The normalized spacial score (nSPS) is 18.6. The average molecular weight is 463 g/mol. The van der Waals surface area contributed by atoms with Gasteiger partial charge in [-0.2, -0.15) is 0 Å². The third kappa shape index (κ3) is 4.59. The maximum atomic E-state index is 12.3. The molecule has 1 amide bonds. The lowest BCUT2D eigenvalue weighted by molar-refractivity contribution is -0.135. The molecule has 0 spiro atoms. The van der Waals surface area contributed by atoms with E-state index >= 15 is 0 Å². The van der Waals surface area contributed by atoms with E-state index in [-0.39, 0.29) is 29.9 Å². The van der Waals surface area contributed by atoms with Crippen LogP contribution in [0.2, 0.25) is 0 Å². The van der Waals surface area contributed by atoms with Crippen LogP contribution in [0.5, 0.6) is 0 Å². The summed E-state index contributed by atoms with van der Waals surface area (Å²) < 4.78 is 0. The van der Waals surface area contributed by atoms with Crippen molar-refractivity contribution in [2.45, 2.75) is 46.2 Å². The second-order valence-electron chi connectivity index (χ2n) is 6.15. The molecule has 0 bridgehead atoms. The number of aliphatic imine (C=N–C) groups is 1. The highest BCUT2D eigenvalue weighted by Crippen LogP contribution is 2.28. The number of piperazine rings is 1. The molecule has 2 heterocycles. The predicted molar refractivity (Wildman–Crippen MR) is 108 cm³/mol. The van der Waals surface area contributed by atoms with Crippen molar-refractivity contribution < 1.29 is 4.79 Å². The Morgan fingerprint density at radius 2 is 2.12 bits per heavy atom. The van der Waals surface area contributed by atoms with Crippen LogP contribution in [0.25, 0.3) is 0 Å². The Hall–Kier alpha value is -0.900. The molecule has 1 aromatic rings. The second kappa shape index (κ2) is 8.46. The van der Waals surface area contributed by atoms with Crippen molar-refractivity contribution in [3.05, 3.63) is 15.6 Å². The summed E-state index contributed by atoms with van der Waals surface area (Å²) in [7, 11) is 0. The Bertz CT molecular complexity index is 614. The molecule has 1 saturated carbocycles. The predicted octanol–water partition coefficient (Wildman–Crippen LogP) is 2.15. The first-order chi connectivity index (χ1) is 11.1. The van der Waals surface area contributed by atoms with E-state index in [4.69, 9.17) is 4.99 Å². The number of rotatable bonds is 4. The zero-order valence-corrected chi connectivity index (χ0v) is 17.7. The first kappa shape index (κ1) is 19.4. The Morgan fingerprint density at radius 1 is 1.38 bits per heavy atom. The van der Waals surface area contributed by atoms with Gasteiger partial charge in [0, 0.05) is 30.6 Å². The summed E-state index contributed by atoms with van der Waals surface area (Å²) in [5.74, 6) is 1.07.